The summed E-state index contributed by atoms with van der Waals surface area (Å²) in [5.74, 6) is 0.928. The Morgan fingerprint density at radius 2 is 2.10 bits per heavy atom. The van der Waals surface area contributed by atoms with E-state index in [1.54, 1.807) is 19.2 Å². The Bertz CT molecular complexity index is 583. The standard InChI is InChI=1S/C15H24N2O3S/c1-4-16-10-13-7-8-15(14(9-13)20-3)21(18,19)17(2)11-12-5-6-12/h7-9,12,16H,4-6,10-11H2,1-3H3. The molecule has 1 aliphatic carbocycles. The second-order valence-electron chi connectivity index (χ2n) is 5.49. The van der Waals surface area contributed by atoms with Crippen molar-refractivity contribution in [1.82, 2.24) is 9.62 Å². The van der Waals surface area contributed by atoms with Crippen LogP contribution in [0.4, 0.5) is 0 Å². The van der Waals surface area contributed by atoms with Crippen LogP contribution in [-0.2, 0) is 16.6 Å². The number of hydrogen-bond donors (Lipinski definition) is 1. The molecule has 1 fully saturated rings. The highest BCUT2D eigenvalue weighted by atomic mass is 32.2. The highest BCUT2D eigenvalue weighted by Crippen LogP contribution is 2.33. The van der Waals surface area contributed by atoms with E-state index in [4.69, 9.17) is 4.74 Å². The lowest BCUT2D eigenvalue weighted by Crippen LogP contribution is -2.29. The van der Waals surface area contributed by atoms with Gasteiger partial charge in [0, 0.05) is 20.1 Å². The number of ether oxygens (including phenoxy) is 1. The second kappa shape index (κ2) is 6.77. The van der Waals surface area contributed by atoms with E-state index in [1.807, 2.05) is 13.0 Å². The largest absolute Gasteiger partial charge is 0.495 e. The third kappa shape index (κ3) is 3.96. The summed E-state index contributed by atoms with van der Waals surface area (Å²) in [6.45, 7) is 4.19. The van der Waals surface area contributed by atoms with E-state index in [1.165, 1.54) is 11.4 Å². The van der Waals surface area contributed by atoms with E-state index in [2.05, 4.69) is 5.32 Å². The third-order valence-electron chi connectivity index (χ3n) is 3.71. The lowest BCUT2D eigenvalue weighted by atomic mass is 10.2. The molecule has 0 amide bonds. The van der Waals surface area contributed by atoms with Gasteiger partial charge in [-0.15, -0.1) is 0 Å². The fraction of sp³-hybridized carbons (Fsp3) is 0.600. The molecule has 0 aliphatic heterocycles. The molecule has 6 heteroatoms. The van der Waals surface area contributed by atoms with Crippen molar-refractivity contribution in [2.45, 2.75) is 31.2 Å². The minimum absolute atomic E-state index is 0.244. The molecule has 0 aromatic heterocycles. The summed E-state index contributed by atoms with van der Waals surface area (Å²) in [5, 5.41) is 3.22. The lowest BCUT2D eigenvalue weighted by molar-refractivity contribution is 0.396. The van der Waals surface area contributed by atoms with E-state index in [9.17, 15) is 8.42 Å². The molecule has 1 aromatic rings. The molecule has 2 rings (SSSR count). The van der Waals surface area contributed by atoms with Gasteiger partial charge in [0.05, 0.1) is 7.11 Å². The van der Waals surface area contributed by atoms with Crippen molar-refractivity contribution in [1.29, 1.82) is 0 Å². The smallest absolute Gasteiger partial charge is 0.246 e. The Hall–Kier alpha value is -1.11. The fourth-order valence-corrected chi connectivity index (χ4v) is 3.61. The Morgan fingerprint density at radius 1 is 1.38 bits per heavy atom. The minimum Gasteiger partial charge on any atom is -0.495 e. The number of hydrogen-bond acceptors (Lipinski definition) is 4. The summed E-state index contributed by atoms with van der Waals surface area (Å²) in [6, 6.07) is 5.27. The monoisotopic (exact) mass is 312 g/mol. The van der Waals surface area contributed by atoms with E-state index in [0.717, 1.165) is 24.9 Å². The molecule has 0 saturated heterocycles. The molecular weight excluding hydrogens is 288 g/mol. The summed E-state index contributed by atoms with van der Waals surface area (Å²) in [7, 11) is -0.341. The van der Waals surface area contributed by atoms with Crippen molar-refractivity contribution < 1.29 is 13.2 Å². The number of methoxy groups -OCH3 is 1. The fourth-order valence-electron chi connectivity index (χ4n) is 2.23. The normalized spacial score (nSPS) is 15.4. The highest BCUT2D eigenvalue weighted by Gasteiger charge is 2.30. The maximum Gasteiger partial charge on any atom is 0.246 e. The van der Waals surface area contributed by atoms with Crippen LogP contribution in [0.5, 0.6) is 5.75 Å². The molecule has 5 nitrogen and oxygen atoms in total. The van der Waals surface area contributed by atoms with Crippen molar-refractivity contribution in [3.63, 3.8) is 0 Å². The average molecular weight is 312 g/mol. The van der Waals surface area contributed by atoms with Crippen molar-refractivity contribution in [3.05, 3.63) is 23.8 Å². The topological polar surface area (TPSA) is 58.6 Å². The van der Waals surface area contributed by atoms with Crippen LogP contribution in [0, 0.1) is 5.92 Å². The van der Waals surface area contributed by atoms with Crippen LogP contribution < -0.4 is 10.1 Å². The van der Waals surface area contributed by atoms with Crippen molar-refractivity contribution in [3.8, 4) is 5.75 Å². The van der Waals surface area contributed by atoms with Gasteiger partial charge in [0.15, 0.2) is 0 Å². The van der Waals surface area contributed by atoms with Gasteiger partial charge in [-0.2, -0.15) is 0 Å². The van der Waals surface area contributed by atoms with Gasteiger partial charge in [0.2, 0.25) is 10.0 Å². The summed E-state index contributed by atoms with van der Waals surface area (Å²) in [5.41, 5.74) is 1.01. The maximum absolute atomic E-state index is 12.6. The molecule has 0 atom stereocenters. The van der Waals surface area contributed by atoms with E-state index in [0.29, 0.717) is 24.8 Å². The Kier molecular flexibility index (Phi) is 5.24. The summed E-state index contributed by atoms with van der Waals surface area (Å²) in [4.78, 5) is 0.244. The molecule has 0 unspecified atom stereocenters. The van der Waals surface area contributed by atoms with Crippen molar-refractivity contribution in [2.75, 3.05) is 27.2 Å². The van der Waals surface area contributed by atoms with Gasteiger partial charge in [0.1, 0.15) is 10.6 Å². The first-order valence-corrected chi connectivity index (χ1v) is 8.77. The van der Waals surface area contributed by atoms with Gasteiger partial charge in [-0.3, -0.25) is 0 Å². The quantitative estimate of drug-likeness (QED) is 0.796. The zero-order valence-electron chi connectivity index (χ0n) is 12.9. The van der Waals surface area contributed by atoms with E-state index >= 15 is 0 Å². The van der Waals surface area contributed by atoms with Gasteiger partial charge in [-0.1, -0.05) is 13.0 Å². The molecule has 1 N–H and O–H groups in total. The molecule has 0 bridgehead atoms. The second-order valence-corrected chi connectivity index (χ2v) is 7.51. The van der Waals surface area contributed by atoms with Crippen LogP contribution in [-0.4, -0.2) is 40.0 Å². The Morgan fingerprint density at radius 3 is 2.67 bits per heavy atom. The lowest BCUT2D eigenvalue weighted by Gasteiger charge is -2.19. The van der Waals surface area contributed by atoms with E-state index in [-0.39, 0.29) is 4.90 Å². The predicted molar refractivity (Wildman–Crippen MR) is 82.9 cm³/mol. The van der Waals surface area contributed by atoms with Crippen LogP contribution in [0.15, 0.2) is 23.1 Å². The zero-order chi connectivity index (χ0) is 15.5. The third-order valence-corrected chi connectivity index (χ3v) is 5.57. The first-order valence-electron chi connectivity index (χ1n) is 7.33. The number of nitrogens with one attached hydrogen (secondary N) is 1. The molecule has 1 saturated carbocycles. The molecule has 1 aliphatic rings. The SMILES string of the molecule is CCNCc1ccc(S(=O)(=O)N(C)CC2CC2)c(OC)c1. The van der Waals surface area contributed by atoms with Gasteiger partial charge >= 0.3 is 0 Å². The Balaban J connectivity index is 2.24. The van der Waals surface area contributed by atoms with Crippen LogP contribution in [0.25, 0.3) is 0 Å². The van der Waals surface area contributed by atoms with Crippen LogP contribution >= 0.6 is 0 Å². The first-order chi connectivity index (χ1) is 9.98. The van der Waals surface area contributed by atoms with E-state index < -0.39 is 10.0 Å². The highest BCUT2D eigenvalue weighted by molar-refractivity contribution is 7.89. The molecule has 0 radical (unpaired) electrons. The number of rotatable bonds is 8. The van der Waals surface area contributed by atoms with Gasteiger partial charge < -0.3 is 10.1 Å². The summed E-state index contributed by atoms with van der Waals surface area (Å²) in [6.07, 6.45) is 2.25. The van der Waals surface area contributed by atoms with Crippen LogP contribution in [0.2, 0.25) is 0 Å². The van der Waals surface area contributed by atoms with Crippen LogP contribution in [0.1, 0.15) is 25.3 Å². The molecular formula is C15H24N2O3S. The van der Waals surface area contributed by atoms with Gasteiger partial charge in [-0.05, 0) is 43.0 Å². The predicted octanol–water partition coefficient (Wildman–Crippen LogP) is 1.84. The zero-order valence-corrected chi connectivity index (χ0v) is 13.7. The minimum atomic E-state index is -3.49. The summed E-state index contributed by atoms with van der Waals surface area (Å²) >= 11 is 0. The van der Waals surface area contributed by atoms with Crippen molar-refractivity contribution >= 4 is 10.0 Å². The molecule has 1 aromatic carbocycles. The number of benzene rings is 1. The Labute approximate surface area is 127 Å². The van der Waals surface area contributed by atoms with Crippen LogP contribution in [0.3, 0.4) is 0 Å². The summed E-state index contributed by atoms with van der Waals surface area (Å²) < 4.78 is 32.0. The van der Waals surface area contributed by atoms with Gasteiger partial charge in [-0.25, -0.2) is 12.7 Å². The molecule has 21 heavy (non-hydrogen) atoms. The first kappa shape index (κ1) is 16.3. The maximum atomic E-state index is 12.6. The van der Waals surface area contributed by atoms with Gasteiger partial charge in [0.25, 0.3) is 0 Å². The number of nitrogens with zero attached hydrogens (tertiary/aromatic N) is 1. The molecule has 118 valence electrons. The average Bonchev–Trinajstić information content (AvgIpc) is 3.28. The molecule has 0 heterocycles. The van der Waals surface area contributed by atoms with Crippen molar-refractivity contribution in [2.24, 2.45) is 5.92 Å². The molecule has 0 spiro atoms. The number of sulfonamides is 1.